The Morgan fingerprint density at radius 3 is 2.76 bits per heavy atom. The summed E-state index contributed by atoms with van der Waals surface area (Å²) >= 11 is 4.35. The maximum absolute atomic E-state index is 12.5. The summed E-state index contributed by atoms with van der Waals surface area (Å²) in [6.07, 6.45) is 0. The summed E-state index contributed by atoms with van der Waals surface area (Å²) < 4.78 is 36.6. The highest BCUT2D eigenvalue weighted by atomic mass is 79.9. The van der Waals surface area contributed by atoms with E-state index >= 15 is 0 Å². The van der Waals surface area contributed by atoms with Crippen molar-refractivity contribution < 1.29 is 8.42 Å². The van der Waals surface area contributed by atoms with Gasteiger partial charge < -0.3 is 0 Å². The van der Waals surface area contributed by atoms with Crippen molar-refractivity contribution in [3.8, 4) is 0 Å². The molecule has 0 atom stereocenters. The molecule has 0 bridgehead atoms. The van der Waals surface area contributed by atoms with E-state index in [0.29, 0.717) is 17.1 Å². The second-order valence-corrected chi connectivity index (χ2v) is 7.61. The monoisotopic (exact) mass is 383 g/mol. The molecule has 1 heterocycles. The average Bonchev–Trinajstić information content (AvgIpc) is 2.84. The summed E-state index contributed by atoms with van der Waals surface area (Å²) in [5.74, 6) is 0. The lowest BCUT2D eigenvalue weighted by Crippen LogP contribution is -2.13. The molecule has 1 N–H and O–H groups in total. The van der Waals surface area contributed by atoms with E-state index in [-0.39, 0.29) is 4.90 Å². The molecule has 0 saturated carbocycles. The molecule has 0 amide bonds. The van der Waals surface area contributed by atoms with Gasteiger partial charge in [-0.05, 0) is 42.8 Å². The fourth-order valence-corrected chi connectivity index (χ4v) is 4.42. The minimum absolute atomic E-state index is 0.131. The van der Waals surface area contributed by atoms with Gasteiger partial charge in [0.05, 0.1) is 17.0 Å². The molecule has 0 saturated heterocycles. The van der Waals surface area contributed by atoms with E-state index in [4.69, 9.17) is 0 Å². The number of benzene rings is 2. The first-order chi connectivity index (χ1) is 9.95. The van der Waals surface area contributed by atoms with Gasteiger partial charge >= 0.3 is 0 Å². The van der Waals surface area contributed by atoms with Crippen LogP contribution in [0.1, 0.15) is 5.56 Å². The maximum Gasteiger partial charge on any atom is 0.264 e. The molecule has 1 aliphatic rings. The molecular weight excluding hydrogens is 374 g/mol. The molecule has 1 aliphatic heterocycles. The fourth-order valence-electron chi connectivity index (χ4n) is 2.00. The summed E-state index contributed by atoms with van der Waals surface area (Å²) in [5, 5.41) is 0. The molecule has 0 radical (unpaired) electrons. The Kier molecular flexibility index (Phi) is 3.68. The first kappa shape index (κ1) is 14.4. The third-order valence-corrected chi connectivity index (χ3v) is 5.25. The number of anilines is 1. The van der Waals surface area contributed by atoms with E-state index in [2.05, 4.69) is 29.4 Å². The number of sulfonamides is 1. The zero-order chi connectivity index (χ0) is 15.0. The standard InChI is InChI=1S/C13H10BrN3O2S2/c1-8-5-9(14)7-10(6-8)17-21(18,19)12-4-2-3-11-13(12)16-20-15-11/h2-7,17H,1H3. The van der Waals surface area contributed by atoms with E-state index in [1.54, 1.807) is 24.3 Å². The predicted molar refractivity (Wildman–Crippen MR) is 87.7 cm³/mol. The average molecular weight is 384 g/mol. The smallest absolute Gasteiger partial charge is 0.264 e. The summed E-state index contributed by atoms with van der Waals surface area (Å²) in [6, 6.07) is 10.3. The zero-order valence-corrected chi connectivity index (χ0v) is 14.1. The summed E-state index contributed by atoms with van der Waals surface area (Å²) in [6.45, 7) is 1.90. The van der Waals surface area contributed by atoms with Gasteiger partial charge in [0.2, 0.25) is 0 Å². The molecule has 2 aromatic rings. The third-order valence-electron chi connectivity index (χ3n) is 2.83. The first-order valence-electron chi connectivity index (χ1n) is 5.97. The number of nitrogens with one attached hydrogen (secondary N) is 1. The van der Waals surface area contributed by atoms with E-state index in [0.717, 1.165) is 21.4 Å². The second kappa shape index (κ2) is 5.36. The van der Waals surface area contributed by atoms with Gasteiger partial charge in [0, 0.05) is 4.47 Å². The molecule has 3 rings (SSSR count). The summed E-state index contributed by atoms with van der Waals surface area (Å²) in [7, 11) is -3.71. The van der Waals surface area contributed by atoms with E-state index in [1.807, 2.05) is 13.0 Å². The second-order valence-electron chi connectivity index (χ2n) is 4.51. The van der Waals surface area contributed by atoms with Crippen LogP contribution in [-0.4, -0.2) is 8.42 Å². The van der Waals surface area contributed by atoms with Gasteiger partial charge in [-0.3, -0.25) is 4.72 Å². The van der Waals surface area contributed by atoms with Crippen molar-refractivity contribution in [2.24, 2.45) is 8.73 Å². The molecule has 5 nitrogen and oxygen atoms in total. The van der Waals surface area contributed by atoms with Crippen molar-refractivity contribution in [1.82, 2.24) is 0 Å². The van der Waals surface area contributed by atoms with Crippen molar-refractivity contribution in [2.45, 2.75) is 11.8 Å². The van der Waals surface area contributed by atoms with Gasteiger partial charge in [-0.2, -0.15) is 8.73 Å². The summed E-state index contributed by atoms with van der Waals surface area (Å²) in [5.41, 5.74) is 2.42. The highest BCUT2D eigenvalue weighted by molar-refractivity contribution is 9.10. The topological polar surface area (TPSA) is 70.9 Å². The molecule has 8 heteroatoms. The Balaban J connectivity index is 2.02. The molecule has 108 valence electrons. The number of halogens is 1. The highest BCUT2D eigenvalue weighted by Gasteiger charge is 2.22. The number of hydrogen-bond acceptors (Lipinski definition) is 4. The Hall–Kier alpha value is -1.51. The third kappa shape index (κ3) is 2.92. The van der Waals surface area contributed by atoms with Gasteiger partial charge in [-0.25, -0.2) is 8.42 Å². The van der Waals surface area contributed by atoms with Crippen LogP contribution in [-0.2, 0) is 21.4 Å². The molecule has 0 aliphatic carbocycles. The largest absolute Gasteiger partial charge is 0.280 e. The lowest BCUT2D eigenvalue weighted by atomic mass is 10.2. The van der Waals surface area contributed by atoms with Crippen molar-refractivity contribution in [3.63, 3.8) is 0 Å². The van der Waals surface area contributed by atoms with Crippen LogP contribution in [0.25, 0.3) is 0 Å². The Bertz CT molecular complexity index is 883. The van der Waals surface area contributed by atoms with Crippen molar-refractivity contribution in [2.75, 3.05) is 4.72 Å². The van der Waals surface area contributed by atoms with Crippen LogP contribution in [0.3, 0.4) is 0 Å². The minimum atomic E-state index is -3.71. The van der Waals surface area contributed by atoms with Crippen LogP contribution in [0.5, 0.6) is 0 Å². The summed E-state index contributed by atoms with van der Waals surface area (Å²) in [4.78, 5) is 0.131. The van der Waals surface area contributed by atoms with Crippen LogP contribution >= 0.6 is 15.9 Å². The molecule has 2 aromatic carbocycles. The van der Waals surface area contributed by atoms with Crippen LogP contribution in [0.4, 0.5) is 17.1 Å². The maximum atomic E-state index is 12.5. The van der Waals surface area contributed by atoms with Crippen molar-refractivity contribution in [3.05, 3.63) is 46.4 Å². The Labute approximate surface area is 134 Å². The molecular formula is C13H10BrN3O2S2. The first-order valence-corrected chi connectivity index (χ1v) is 8.98. The van der Waals surface area contributed by atoms with E-state index in [1.165, 1.54) is 6.07 Å². The highest BCUT2D eigenvalue weighted by Crippen LogP contribution is 2.38. The number of nitrogens with zero attached hydrogens (tertiary/aromatic N) is 2. The van der Waals surface area contributed by atoms with Crippen molar-refractivity contribution >= 4 is 54.4 Å². The van der Waals surface area contributed by atoms with Gasteiger partial charge in [0.1, 0.15) is 16.3 Å². The van der Waals surface area contributed by atoms with Gasteiger partial charge in [0.25, 0.3) is 10.0 Å². The molecule has 0 aromatic heterocycles. The van der Waals surface area contributed by atoms with Crippen molar-refractivity contribution in [1.29, 1.82) is 0 Å². The number of fused-ring (bicyclic) bond motifs is 1. The Morgan fingerprint density at radius 2 is 2.00 bits per heavy atom. The molecule has 0 fully saturated rings. The fraction of sp³-hybridized carbons (Fsp3) is 0.0769. The lowest BCUT2D eigenvalue weighted by molar-refractivity contribution is 0.601. The number of rotatable bonds is 3. The van der Waals surface area contributed by atoms with Crippen LogP contribution in [0, 0.1) is 6.92 Å². The zero-order valence-electron chi connectivity index (χ0n) is 10.9. The number of hydrogen-bond donors (Lipinski definition) is 1. The molecule has 0 spiro atoms. The minimum Gasteiger partial charge on any atom is -0.280 e. The quantitative estimate of drug-likeness (QED) is 0.732. The number of aryl methyl sites for hydroxylation is 1. The normalized spacial score (nSPS) is 12.9. The Morgan fingerprint density at radius 1 is 1.19 bits per heavy atom. The van der Waals surface area contributed by atoms with E-state index in [9.17, 15) is 8.42 Å². The van der Waals surface area contributed by atoms with Gasteiger partial charge in [0.15, 0.2) is 0 Å². The lowest BCUT2D eigenvalue weighted by Gasteiger charge is -2.11. The van der Waals surface area contributed by atoms with Crippen LogP contribution in [0.15, 0.2) is 54.5 Å². The van der Waals surface area contributed by atoms with Crippen LogP contribution < -0.4 is 4.72 Å². The van der Waals surface area contributed by atoms with Gasteiger partial charge in [-0.15, -0.1) is 0 Å². The predicted octanol–water partition coefficient (Wildman–Crippen LogP) is 4.28. The van der Waals surface area contributed by atoms with E-state index < -0.39 is 10.0 Å². The SMILES string of the molecule is Cc1cc(Br)cc(NS(=O)(=O)c2cccc3c2N=S=N3)c1. The van der Waals surface area contributed by atoms with Crippen LogP contribution in [0.2, 0.25) is 0 Å². The molecule has 0 unspecified atom stereocenters. The molecule has 21 heavy (non-hydrogen) atoms. The van der Waals surface area contributed by atoms with Gasteiger partial charge in [-0.1, -0.05) is 22.0 Å².